The van der Waals surface area contributed by atoms with Gasteiger partial charge >= 0.3 is 0 Å². The van der Waals surface area contributed by atoms with Crippen LogP contribution in [0.5, 0.6) is 5.75 Å². The van der Waals surface area contributed by atoms with Crippen LogP contribution in [0.2, 0.25) is 0 Å². The number of hydrogen-bond acceptors (Lipinski definition) is 6. The van der Waals surface area contributed by atoms with Gasteiger partial charge in [0.1, 0.15) is 30.2 Å². The Kier molecular flexibility index (Phi) is 11.6. The number of benzene rings is 5. The Morgan fingerprint density at radius 2 is 0.804 bits per heavy atom. The molecule has 0 amide bonds. The van der Waals surface area contributed by atoms with Crippen LogP contribution in [0.15, 0.2) is 152 Å². The standard InChI is InChI=1S/C40H40O6/c1-6-16-31(17-7-1)26-41-30-36-37(42-27-32-18-8-2-9-19-32)38(43-28-33-20-10-3-11-21-33)39(44-29-34-22-12-4-13-23-34)40(46-36)45-35-24-14-5-15-25-35/h1-25,36-40H,26-30H2/t36?,37-,38?,39?,40-/m1/s1. The Balaban J connectivity index is 1.31. The maximum atomic E-state index is 6.77. The average molecular weight is 617 g/mol. The van der Waals surface area contributed by atoms with Crippen LogP contribution in [-0.2, 0) is 50.1 Å². The largest absolute Gasteiger partial charge is 0.462 e. The highest BCUT2D eigenvalue weighted by Gasteiger charge is 2.49. The first-order valence-electron chi connectivity index (χ1n) is 15.8. The van der Waals surface area contributed by atoms with Gasteiger partial charge in [0.25, 0.3) is 0 Å². The van der Waals surface area contributed by atoms with Gasteiger partial charge in [-0.2, -0.15) is 0 Å². The van der Waals surface area contributed by atoms with Crippen LogP contribution in [0.1, 0.15) is 22.3 Å². The topological polar surface area (TPSA) is 55.4 Å². The molecule has 0 aliphatic carbocycles. The van der Waals surface area contributed by atoms with Crippen molar-refractivity contribution in [2.75, 3.05) is 6.61 Å². The molecule has 5 aromatic rings. The second-order valence-electron chi connectivity index (χ2n) is 11.3. The zero-order chi connectivity index (χ0) is 31.2. The molecule has 0 saturated carbocycles. The maximum absolute atomic E-state index is 6.77. The molecule has 1 aliphatic heterocycles. The van der Waals surface area contributed by atoms with E-state index in [-0.39, 0.29) is 6.61 Å². The SMILES string of the molecule is c1ccc(COCC2O[C@@H](Oc3ccccc3)C(OCc3ccccc3)C(OCc3ccccc3)[C@@H]2OCc2ccccc2)cc1. The molecule has 5 atom stereocenters. The van der Waals surface area contributed by atoms with E-state index in [1.807, 2.05) is 127 Å². The van der Waals surface area contributed by atoms with Gasteiger partial charge in [-0.05, 0) is 34.4 Å². The van der Waals surface area contributed by atoms with Crippen molar-refractivity contribution >= 4 is 0 Å². The fraction of sp³-hybridized carbons (Fsp3) is 0.250. The summed E-state index contributed by atoms with van der Waals surface area (Å²) in [5.74, 6) is 0.676. The average Bonchev–Trinajstić information content (AvgIpc) is 3.12. The number of para-hydroxylation sites is 1. The van der Waals surface area contributed by atoms with Crippen LogP contribution < -0.4 is 4.74 Å². The lowest BCUT2D eigenvalue weighted by atomic mass is 9.97. The molecule has 0 bridgehead atoms. The minimum atomic E-state index is -0.784. The highest BCUT2D eigenvalue weighted by atomic mass is 16.7. The first-order valence-corrected chi connectivity index (χ1v) is 15.8. The molecule has 0 radical (unpaired) electrons. The van der Waals surface area contributed by atoms with Crippen molar-refractivity contribution in [3.63, 3.8) is 0 Å². The summed E-state index contributed by atoms with van der Waals surface area (Å²) in [7, 11) is 0. The molecule has 1 saturated heterocycles. The summed E-state index contributed by atoms with van der Waals surface area (Å²) in [6, 6.07) is 50.1. The molecular formula is C40H40O6. The van der Waals surface area contributed by atoms with Gasteiger partial charge < -0.3 is 28.4 Å². The zero-order valence-corrected chi connectivity index (χ0v) is 25.8. The van der Waals surface area contributed by atoms with Gasteiger partial charge in [0.15, 0.2) is 0 Å². The van der Waals surface area contributed by atoms with Crippen LogP contribution in [0.4, 0.5) is 0 Å². The molecule has 6 nitrogen and oxygen atoms in total. The second kappa shape index (κ2) is 16.9. The molecule has 3 unspecified atom stereocenters. The van der Waals surface area contributed by atoms with Crippen LogP contribution in [0.3, 0.4) is 0 Å². The van der Waals surface area contributed by atoms with Gasteiger partial charge in [-0.3, -0.25) is 0 Å². The van der Waals surface area contributed by atoms with Gasteiger partial charge in [-0.25, -0.2) is 0 Å². The molecular weight excluding hydrogens is 576 g/mol. The Hall–Kier alpha value is -4.30. The quantitative estimate of drug-likeness (QED) is 0.120. The van der Waals surface area contributed by atoms with Gasteiger partial charge in [0, 0.05) is 0 Å². The van der Waals surface area contributed by atoms with Crippen LogP contribution in [0.25, 0.3) is 0 Å². The summed E-state index contributed by atoms with van der Waals surface area (Å²) in [4.78, 5) is 0. The van der Waals surface area contributed by atoms with Gasteiger partial charge in [-0.1, -0.05) is 140 Å². The highest BCUT2D eigenvalue weighted by Crippen LogP contribution is 2.32. The monoisotopic (exact) mass is 616 g/mol. The van der Waals surface area contributed by atoms with Crippen LogP contribution >= 0.6 is 0 Å². The minimum absolute atomic E-state index is 0.277. The second-order valence-corrected chi connectivity index (χ2v) is 11.3. The zero-order valence-electron chi connectivity index (χ0n) is 25.8. The van der Waals surface area contributed by atoms with E-state index < -0.39 is 30.7 Å². The normalized spacial score (nSPS) is 21.1. The highest BCUT2D eigenvalue weighted by molar-refractivity contribution is 5.22. The lowest BCUT2D eigenvalue weighted by molar-refractivity contribution is -0.310. The molecule has 0 spiro atoms. The molecule has 46 heavy (non-hydrogen) atoms. The van der Waals surface area contributed by atoms with Gasteiger partial charge in [-0.15, -0.1) is 0 Å². The Morgan fingerprint density at radius 1 is 0.413 bits per heavy atom. The van der Waals surface area contributed by atoms with E-state index in [4.69, 9.17) is 28.4 Å². The Bertz CT molecular complexity index is 1540. The lowest BCUT2D eigenvalue weighted by Gasteiger charge is -2.45. The summed E-state index contributed by atoms with van der Waals surface area (Å²) in [5, 5.41) is 0. The molecule has 236 valence electrons. The molecule has 1 heterocycles. The third-order valence-corrected chi connectivity index (χ3v) is 7.84. The van der Waals surface area contributed by atoms with Crippen molar-refractivity contribution in [3.8, 4) is 5.75 Å². The molecule has 0 N–H and O–H groups in total. The predicted molar refractivity (Wildman–Crippen MR) is 177 cm³/mol. The van der Waals surface area contributed by atoms with Gasteiger partial charge in [0.2, 0.25) is 6.29 Å². The Morgan fingerprint density at radius 3 is 1.28 bits per heavy atom. The van der Waals surface area contributed by atoms with Crippen LogP contribution in [-0.4, -0.2) is 37.3 Å². The summed E-state index contributed by atoms with van der Waals surface area (Å²) in [6.45, 7) is 1.83. The van der Waals surface area contributed by atoms with E-state index in [0.717, 1.165) is 22.3 Å². The molecule has 5 aromatic carbocycles. The summed E-state index contributed by atoms with van der Waals surface area (Å²) in [5.41, 5.74) is 4.23. The molecule has 1 fully saturated rings. The first kappa shape index (κ1) is 31.7. The maximum Gasteiger partial charge on any atom is 0.229 e. The van der Waals surface area contributed by atoms with Gasteiger partial charge in [0.05, 0.1) is 33.0 Å². The third kappa shape index (κ3) is 9.13. The van der Waals surface area contributed by atoms with E-state index >= 15 is 0 Å². The first-order chi connectivity index (χ1) is 22.8. The smallest absolute Gasteiger partial charge is 0.229 e. The summed E-state index contributed by atoms with van der Waals surface area (Å²) >= 11 is 0. The fourth-order valence-corrected chi connectivity index (χ4v) is 5.48. The van der Waals surface area contributed by atoms with Crippen molar-refractivity contribution < 1.29 is 28.4 Å². The molecule has 0 aromatic heterocycles. The number of hydrogen-bond donors (Lipinski definition) is 0. The molecule has 6 rings (SSSR count). The van der Waals surface area contributed by atoms with E-state index in [1.165, 1.54) is 0 Å². The van der Waals surface area contributed by atoms with Crippen molar-refractivity contribution in [2.45, 2.75) is 57.1 Å². The molecule has 6 heteroatoms. The Labute approximate surface area is 271 Å². The van der Waals surface area contributed by atoms with Crippen LogP contribution in [0, 0.1) is 0 Å². The number of ether oxygens (including phenoxy) is 6. The van der Waals surface area contributed by atoms with E-state index in [9.17, 15) is 0 Å². The third-order valence-electron chi connectivity index (χ3n) is 7.84. The van der Waals surface area contributed by atoms with Crippen molar-refractivity contribution in [1.82, 2.24) is 0 Å². The van der Waals surface area contributed by atoms with E-state index in [2.05, 4.69) is 24.3 Å². The van der Waals surface area contributed by atoms with Crippen molar-refractivity contribution in [1.29, 1.82) is 0 Å². The van der Waals surface area contributed by atoms with Crippen molar-refractivity contribution in [3.05, 3.63) is 174 Å². The fourth-order valence-electron chi connectivity index (χ4n) is 5.48. The number of rotatable bonds is 15. The predicted octanol–water partition coefficient (Wildman–Crippen LogP) is 7.76. The van der Waals surface area contributed by atoms with Crippen molar-refractivity contribution in [2.24, 2.45) is 0 Å². The van der Waals surface area contributed by atoms with E-state index in [0.29, 0.717) is 32.2 Å². The summed E-state index contributed by atoms with van der Waals surface area (Å²) < 4.78 is 39.6. The molecule has 1 aliphatic rings. The minimum Gasteiger partial charge on any atom is -0.462 e. The van der Waals surface area contributed by atoms with E-state index in [1.54, 1.807) is 0 Å². The summed E-state index contributed by atoms with van der Waals surface area (Å²) in [6.07, 6.45) is -2.96. The lowest BCUT2D eigenvalue weighted by Crippen LogP contribution is -2.62.